The number of benzene rings is 3. The Balaban J connectivity index is 1.14. The molecule has 1 aromatic heterocycles. The van der Waals surface area contributed by atoms with Crippen LogP contribution in [0.2, 0.25) is 5.02 Å². The molecule has 0 aliphatic heterocycles. The molecule has 1 atom stereocenters. The van der Waals surface area contributed by atoms with Gasteiger partial charge in [0.15, 0.2) is 0 Å². The van der Waals surface area contributed by atoms with Crippen molar-refractivity contribution in [3.05, 3.63) is 92.0 Å². The van der Waals surface area contributed by atoms with E-state index in [2.05, 4.69) is 27.8 Å². The molecule has 5 rings (SSSR count). The highest BCUT2D eigenvalue weighted by atomic mass is 79.9. The van der Waals surface area contributed by atoms with Crippen molar-refractivity contribution in [2.45, 2.75) is 65.0 Å². The Morgan fingerprint density at radius 2 is 1.67 bits per heavy atom. The minimum Gasteiger partial charge on any atom is -0.497 e. The molecule has 0 spiro atoms. The largest absolute Gasteiger partial charge is 0.497 e. The van der Waals surface area contributed by atoms with Crippen molar-refractivity contribution in [3.8, 4) is 5.75 Å². The third-order valence-corrected chi connectivity index (χ3v) is 11.7. The zero-order chi connectivity index (χ0) is 37.4. The first kappa shape index (κ1) is 39.5. The van der Waals surface area contributed by atoms with Crippen LogP contribution in [0.4, 0.5) is 5.69 Å². The number of hydrogen-bond donors (Lipinski definition) is 1. The topological polar surface area (TPSA) is 130 Å². The van der Waals surface area contributed by atoms with Crippen LogP contribution >= 0.6 is 27.5 Å². The van der Waals surface area contributed by atoms with E-state index in [1.807, 2.05) is 0 Å². The van der Waals surface area contributed by atoms with E-state index >= 15 is 0 Å². The van der Waals surface area contributed by atoms with Gasteiger partial charge >= 0.3 is 11.9 Å². The van der Waals surface area contributed by atoms with E-state index < -0.39 is 22.7 Å². The number of rotatable bonds is 15. The van der Waals surface area contributed by atoms with Gasteiger partial charge in [-0.3, -0.25) is 23.3 Å². The zero-order valence-corrected chi connectivity index (χ0v) is 32.9. The van der Waals surface area contributed by atoms with Crippen LogP contribution < -0.4 is 10.5 Å². The van der Waals surface area contributed by atoms with E-state index in [0.717, 1.165) is 12.1 Å². The first-order chi connectivity index (χ1) is 25.0. The summed E-state index contributed by atoms with van der Waals surface area (Å²) in [5.74, 6) is -0.553. The van der Waals surface area contributed by atoms with E-state index in [4.69, 9.17) is 31.5 Å². The number of fused-ring (bicyclic) bond motifs is 1. The van der Waals surface area contributed by atoms with Crippen LogP contribution in [-0.2, 0) is 38.0 Å². The normalized spacial score (nSPS) is 14.0. The van der Waals surface area contributed by atoms with Crippen molar-refractivity contribution < 1.29 is 32.8 Å². The van der Waals surface area contributed by atoms with Crippen molar-refractivity contribution in [1.82, 2.24) is 9.47 Å². The Hall–Kier alpha value is -3.71. The molecule has 1 heterocycles. The molecule has 1 unspecified atom stereocenters. The Bertz CT molecular complexity index is 1940. The summed E-state index contributed by atoms with van der Waals surface area (Å²) < 4.78 is 31.3. The van der Waals surface area contributed by atoms with Gasteiger partial charge in [0, 0.05) is 49.5 Å². The first-order valence-corrected chi connectivity index (χ1v) is 20.1. The van der Waals surface area contributed by atoms with Gasteiger partial charge in [-0.2, -0.15) is 0 Å². The summed E-state index contributed by atoms with van der Waals surface area (Å²) in [5.41, 5.74) is 10.5. The van der Waals surface area contributed by atoms with E-state index in [-0.39, 0.29) is 37.0 Å². The average Bonchev–Trinajstić information content (AvgIpc) is 3.41. The second kappa shape index (κ2) is 18.4. The molecule has 52 heavy (non-hydrogen) atoms. The van der Waals surface area contributed by atoms with Gasteiger partial charge in [0.25, 0.3) is 5.91 Å². The molecule has 1 aliphatic carbocycles. The lowest BCUT2D eigenvalue weighted by molar-refractivity contribution is -0.142. The highest BCUT2D eigenvalue weighted by Crippen LogP contribution is 2.32. The fourth-order valence-corrected chi connectivity index (χ4v) is 8.11. The highest BCUT2D eigenvalue weighted by molar-refractivity contribution is 9.10. The van der Waals surface area contributed by atoms with E-state index in [9.17, 15) is 18.6 Å². The second-order valence-corrected chi connectivity index (χ2v) is 15.8. The number of carbonyl (C=O) groups excluding carboxylic acids is 3. The van der Waals surface area contributed by atoms with Crippen molar-refractivity contribution in [1.29, 1.82) is 0 Å². The number of nitrogens with zero attached hydrogens (tertiary/aromatic N) is 2. The van der Waals surface area contributed by atoms with Crippen LogP contribution in [-0.4, -0.2) is 75.9 Å². The van der Waals surface area contributed by atoms with Gasteiger partial charge in [-0.25, -0.2) is 4.79 Å². The Labute approximate surface area is 320 Å². The maximum absolute atomic E-state index is 13.5. The van der Waals surface area contributed by atoms with Crippen molar-refractivity contribution in [3.63, 3.8) is 0 Å². The molecule has 0 bridgehead atoms. The SMILES string of the molecule is CCN(Cc1cc(C(=O)OCCS(=O)CCOC(=O)Cc2c(C)n(C(=O)c3ccc(Cl)cc3)c3ccc(OC)cc23)cc(Br)c1N)C1CCCCC1. The van der Waals surface area contributed by atoms with E-state index in [1.54, 1.807) is 73.2 Å². The van der Waals surface area contributed by atoms with Crippen LogP contribution in [0, 0.1) is 6.92 Å². The fourth-order valence-electron chi connectivity index (χ4n) is 6.74. The lowest BCUT2D eigenvalue weighted by atomic mass is 9.93. The molecule has 3 aromatic carbocycles. The molecule has 1 fully saturated rings. The molecular weight excluding hydrogens is 770 g/mol. The summed E-state index contributed by atoms with van der Waals surface area (Å²) in [6.07, 6.45) is 5.97. The van der Waals surface area contributed by atoms with Crippen molar-refractivity contribution >= 4 is 72.8 Å². The lowest BCUT2D eigenvalue weighted by Crippen LogP contribution is -2.36. The fraction of sp³-hybridized carbons (Fsp3) is 0.410. The number of esters is 2. The molecule has 4 aromatic rings. The number of hydrogen-bond acceptors (Lipinski definition) is 9. The van der Waals surface area contributed by atoms with Crippen LogP contribution in [0.25, 0.3) is 10.9 Å². The standard InChI is InChI=1S/C39H45BrClN3O7S/c1-4-43(30-8-6-5-7-9-30)24-28-20-27(21-34(40)37(28)42)39(47)51-17-19-52(48)18-16-50-36(45)23-32-25(2)44(35-15-14-31(49-3)22-33(32)35)38(46)26-10-12-29(41)13-11-26/h10-15,20-22,30H,4-9,16-19,23-24,42H2,1-3H3. The molecule has 10 nitrogen and oxygen atoms in total. The molecule has 0 saturated heterocycles. The number of nitrogen functional groups attached to an aromatic ring is 1. The van der Waals surface area contributed by atoms with Crippen molar-refractivity contribution in [2.24, 2.45) is 0 Å². The number of ether oxygens (including phenoxy) is 3. The number of nitrogens with two attached hydrogens (primary N) is 1. The predicted octanol–water partition coefficient (Wildman–Crippen LogP) is 7.49. The molecule has 0 radical (unpaired) electrons. The quantitative estimate of drug-likeness (QED) is 0.0959. The van der Waals surface area contributed by atoms with Gasteiger partial charge in [0.1, 0.15) is 19.0 Å². The highest BCUT2D eigenvalue weighted by Gasteiger charge is 2.24. The average molecular weight is 815 g/mol. The van der Waals surface area contributed by atoms with Gasteiger partial charge in [-0.1, -0.05) is 37.8 Å². The van der Waals surface area contributed by atoms with Gasteiger partial charge < -0.3 is 19.9 Å². The summed E-state index contributed by atoms with van der Waals surface area (Å²) in [6.45, 7) is 5.33. The monoisotopic (exact) mass is 813 g/mol. The summed E-state index contributed by atoms with van der Waals surface area (Å²) in [4.78, 5) is 41.9. The van der Waals surface area contributed by atoms with Crippen LogP contribution in [0.5, 0.6) is 5.75 Å². The van der Waals surface area contributed by atoms with Crippen LogP contribution in [0.1, 0.15) is 76.6 Å². The number of halogens is 2. The Kier molecular flexibility index (Phi) is 13.9. The first-order valence-electron chi connectivity index (χ1n) is 17.5. The van der Waals surface area contributed by atoms with Gasteiger partial charge in [0.05, 0.1) is 41.8 Å². The molecular formula is C39H45BrClN3O7S. The minimum atomic E-state index is -1.40. The predicted molar refractivity (Wildman–Crippen MR) is 209 cm³/mol. The molecule has 13 heteroatoms. The summed E-state index contributed by atoms with van der Waals surface area (Å²) in [7, 11) is 0.145. The minimum absolute atomic E-state index is 0.0535. The van der Waals surface area contributed by atoms with Crippen molar-refractivity contribution in [2.75, 3.05) is 44.1 Å². The third-order valence-electron chi connectivity index (χ3n) is 9.60. The molecule has 278 valence electrons. The maximum Gasteiger partial charge on any atom is 0.338 e. The molecule has 1 saturated carbocycles. The molecule has 0 amide bonds. The summed E-state index contributed by atoms with van der Waals surface area (Å²) >= 11 is 9.53. The zero-order valence-electron chi connectivity index (χ0n) is 29.8. The third kappa shape index (κ3) is 9.63. The number of methoxy groups -OCH3 is 1. The van der Waals surface area contributed by atoms with E-state index in [1.165, 1.54) is 32.1 Å². The number of carbonyl (C=O) groups is 3. The number of aromatic nitrogens is 1. The Morgan fingerprint density at radius 1 is 0.981 bits per heavy atom. The van der Waals surface area contributed by atoms with Gasteiger partial charge in [-0.15, -0.1) is 0 Å². The van der Waals surface area contributed by atoms with E-state index in [0.29, 0.717) is 66.8 Å². The maximum atomic E-state index is 13.5. The smallest absolute Gasteiger partial charge is 0.338 e. The van der Waals surface area contributed by atoms with Crippen LogP contribution in [0.3, 0.4) is 0 Å². The van der Waals surface area contributed by atoms with Gasteiger partial charge in [-0.05, 0) is 108 Å². The van der Waals surface area contributed by atoms with Gasteiger partial charge in [0.2, 0.25) is 0 Å². The summed E-state index contributed by atoms with van der Waals surface area (Å²) in [5, 5.41) is 1.21. The number of anilines is 1. The molecule has 1 aliphatic rings. The lowest BCUT2D eigenvalue weighted by Gasteiger charge is -2.34. The Morgan fingerprint density at radius 3 is 2.35 bits per heavy atom. The van der Waals surface area contributed by atoms with Crippen LogP contribution in [0.15, 0.2) is 59.1 Å². The second-order valence-electron chi connectivity index (χ2n) is 12.9. The summed E-state index contributed by atoms with van der Waals surface area (Å²) in [6, 6.07) is 15.9. The molecule has 2 N–H and O–H groups in total.